The lowest BCUT2D eigenvalue weighted by atomic mass is 10.3. The largest absolute Gasteiger partial charge is 0.331 e. The number of para-hydroxylation sites is 1. The number of benzene rings is 1. The molecule has 0 saturated heterocycles. The number of rotatable bonds is 3. The van der Waals surface area contributed by atoms with Crippen molar-refractivity contribution in [1.82, 2.24) is 20.6 Å². The molecule has 1 aromatic carbocycles. The first kappa shape index (κ1) is 15.0. The molecule has 0 atom stereocenters. The predicted octanol–water partition coefficient (Wildman–Crippen LogP) is 1.84. The van der Waals surface area contributed by atoms with Gasteiger partial charge in [-0.15, -0.1) is 0 Å². The van der Waals surface area contributed by atoms with Crippen LogP contribution in [0.5, 0.6) is 0 Å². The lowest BCUT2D eigenvalue weighted by Gasteiger charge is -2.11. The molecule has 6 nitrogen and oxygen atoms in total. The summed E-state index contributed by atoms with van der Waals surface area (Å²) in [7, 11) is 0. The van der Waals surface area contributed by atoms with E-state index in [4.69, 9.17) is 12.2 Å². The van der Waals surface area contributed by atoms with E-state index in [1.54, 1.807) is 10.7 Å². The van der Waals surface area contributed by atoms with Crippen molar-refractivity contribution < 1.29 is 4.79 Å². The van der Waals surface area contributed by atoms with E-state index in [1.165, 1.54) is 0 Å². The highest BCUT2D eigenvalue weighted by molar-refractivity contribution is 7.80. The van der Waals surface area contributed by atoms with Gasteiger partial charge in [-0.1, -0.05) is 18.2 Å². The number of hydrogen-bond donors (Lipinski definition) is 3. The zero-order valence-corrected chi connectivity index (χ0v) is 12.7. The van der Waals surface area contributed by atoms with Gasteiger partial charge in [0, 0.05) is 12.2 Å². The van der Waals surface area contributed by atoms with Gasteiger partial charge >= 0.3 is 0 Å². The summed E-state index contributed by atoms with van der Waals surface area (Å²) in [6, 6.07) is 11.2. The summed E-state index contributed by atoms with van der Waals surface area (Å²) in [6.45, 7) is 4.40. The lowest BCUT2D eigenvalue weighted by molar-refractivity contribution is 0.0933. The van der Waals surface area contributed by atoms with E-state index in [-0.39, 0.29) is 5.91 Å². The number of carbonyl (C=O) groups excluding carboxylic acids is 1. The average Bonchev–Trinajstić information content (AvgIpc) is 2.87. The Morgan fingerprint density at radius 1 is 1.29 bits per heavy atom. The number of hydrogen-bond acceptors (Lipinski definition) is 3. The molecule has 2 rings (SSSR count). The van der Waals surface area contributed by atoms with Crippen molar-refractivity contribution in [1.29, 1.82) is 0 Å². The Labute approximate surface area is 128 Å². The zero-order valence-electron chi connectivity index (χ0n) is 11.9. The van der Waals surface area contributed by atoms with Gasteiger partial charge in [-0.3, -0.25) is 20.3 Å². The molecule has 0 aliphatic carbocycles. The molecule has 7 heteroatoms. The molecule has 0 saturated carbocycles. The maximum Gasteiger partial charge on any atom is 0.287 e. The molecule has 110 valence electrons. The summed E-state index contributed by atoms with van der Waals surface area (Å²) in [6.07, 6.45) is 0. The fraction of sp³-hybridized carbons (Fsp3) is 0.214. The summed E-state index contributed by atoms with van der Waals surface area (Å²) >= 11 is 5.11. The molecule has 21 heavy (non-hydrogen) atoms. The topological polar surface area (TPSA) is 71.0 Å². The van der Waals surface area contributed by atoms with Crippen molar-refractivity contribution in [3.05, 3.63) is 47.8 Å². The van der Waals surface area contributed by atoms with Crippen LogP contribution < -0.4 is 16.2 Å². The summed E-state index contributed by atoms with van der Waals surface area (Å²) < 4.78 is 1.64. The smallest absolute Gasteiger partial charge is 0.287 e. The number of carbonyl (C=O) groups is 1. The lowest BCUT2D eigenvalue weighted by Crippen LogP contribution is -2.44. The number of nitrogens with one attached hydrogen (secondary N) is 3. The summed E-state index contributed by atoms with van der Waals surface area (Å²) in [5.74, 6) is -0.283. The Bertz CT molecular complexity index is 638. The number of amides is 1. The maximum atomic E-state index is 12.1. The van der Waals surface area contributed by atoms with Crippen molar-refractivity contribution in [2.24, 2.45) is 0 Å². The van der Waals surface area contributed by atoms with Crippen LogP contribution in [0.25, 0.3) is 0 Å². The molecule has 1 amide bonds. The van der Waals surface area contributed by atoms with E-state index in [9.17, 15) is 4.79 Å². The summed E-state index contributed by atoms with van der Waals surface area (Å²) in [5, 5.41) is 7.50. The van der Waals surface area contributed by atoms with Gasteiger partial charge in [-0.2, -0.15) is 5.10 Å². The van der Waals surface area contributed by atoms with Gasteiger partial charge in [0.25, 0.3) is 5.91 Å². The predicted molar refractivity (Wildman–Crippen MR) is 85.9 cm³/mol. The van der Waals surface area contributed by atoms with Crippen LogP contribution in [0.1, 0.15) is 23.1 Å². The molecule has 1 aromatic heterocycles. The molecular formula is C14H17N5OS. The van der Waals surface area contributed by atoms with Crippen LogP contribution >= 0.6 is 12.2 Å². The molecule has 0 fully saturated rings. The first-order chi connectivity index (χ1) is 10.1. The number of anilines is 1. The number of thiocarbonyl (C=S) groups is 1. The third-order valence-corrected chi connectivity index (χ3v) is 2.96. The van der Waals surface area contributed by atoms with Crippen LogP contribution in [0.3, 0.4) is 0 Å². The Morgan fingerprint density at radius 2 is 2.00 bits per heavy atom. The average molecular weight is 303 g/mol. The highest BCUT2D eigenvalue weighted by atomic mass is 32.1. The van der Waals surface area contributed by atoms with E-state index >= 15 is 0 Å². The first-order valence-electron chi connectivity index (χ1n) is 6.57. The third kappa shape index (κ3) is 4.03. The van der Waals surface area contributed by atoms with Gasteiger partial charge < -0.3 is 5.32 Å². The maximum absolute atomic E-state index is 12.1. The Balaban J connectivity index is 1.90. The van der Waals surface area contributed by atoms with Crippen molar-refractivity contribution >= 4 is 28.9 Å². The van der Waals surface area contributed by atoms with E-state index in [0.717, 1.165) is 11.4 Å². The molecule has 3 N–H and O–H groups in total. The standard InChI is InChI=1S/C14H17N5OS/c1-3-19-12(9-10(2)18-19)13(20)16-17-14(21)15-11-7-5-4-6-8-11/h4-9H,3H2,1-2H3,(H,16,20)(H2,15,17,21). The van der Waals surface area contributed by atoms with Crippen LogP contribution in [-0.4, -0.2) is 20.8 Å². The molecule has 2 aromatic rings. The Morgan fingerprint density at radius 3 is 2.67 bits per heavy atom. The van der Waals surface area contributed by atoms with Crippen molar-refractivity contribution in [3.63, 3.8) is 0 Å². The van der Waals surface area contributed by atoms with Crippen molar-refractivity contribution in [2.45, 2.75) is 20.4 Å². The van der Waals surface area contributed by atoms with Gasteiger partial charge in [0.15, 0.2) is 5.11 Å². The van der Waals surface area contributed by atoms with Gasteiger partial charge in [-0.25, -0.2) is 0 Å². The Kier molecular flexibility index (Phi) is 4.89. The first-order valence-corrected chi connectivity index (χ1v) is 6.98. The molecule has 0 spiro atoms. The van der Waals surface area contributed by atoms with Crippen LogP contribution in [0.4, 0.5) is 5.69 Å². The quantitative estimate of drug-likeness (QED) is 0.596. The highest BCUT2D eigenvalue weighted by Gasteiger charge is 2.12. The van der Waals surface area contributed by atoms with Gasteiger partial charge in [0.1, 0.15) is 5.69 Å². The fourth-order valence-corrected chi connectivity index (χ4v) is 2.00. The van der Waals surface area contributed by atoms with Crippen LogP contribution in [-0.2, 0) is 6.54 Å². The molecule has 0 aliphatic heterocycles. The van der Waals surface area contributed by atoms with E-state index < -0.39 is 0 Å². The number of aromatic nitrogens is 2. The van der Waals surface area contributed by atoms with Crippen molar-refractivity contribution in [3.8, 4) is 0 Å². The minimum atomic E-state index is -0.283. The van der Waals surface area contributed by atoms with E-state index in [1.807, 2.05) is 44.2 Å². The third-order valence-electron chi connectivity index (χ3n) is 2.76. The molecule has 1 heterocycles. The number of nitrogens with zero attached hydrogens (tertiary/aromatic N) is 2. The zero-order chi connectivity index (χ0) is 15.2. The van der Waals surface area contributed by atoms with Gasteiger partial charge in [-0.05, 0) is 44.3 Å². The minimum absolute atomic E-state index is 0.283. The molecule has 0 bridgehead atoms. The van der Waals surface area contributed by atoms with Gasteiger partial charge in [0.2, 0.25) is 0 Å². The number of aryl methyl sites for hydroxylation is 2. The fourth-order valence-electron chi connectivity index (χ4n) is 1.83. The SMILES string of the molecule is CCn1nc(C)cc1C(=O)NNC(=S)Nc1ccccc1. The molecular weight excluding hydrogens is 286 g/mol. The molecule has 0 aliphatic rings. The second-order valence-corrected chi connectivity index (χ2v) is 4.79. The summed E-state index contributed by atoms with van der Waals surface area (Å²) in [4.78, 5) is 12.1. The second-order valence-electron chi connectivity index (χ2n) is 4.39. The summed E-state index contributed by atoms with van der Waals surface area (Å²) in [5.41, 5.74) is 7.36. The monoisotopic (exact) mass is 303 g/mol. The van der Waals surface area contributed by atoms with E-state index in [2.05, 4.69) is 21.3 Å². The van der Waals surface area contributed by atoms with E-state index in [0.29, 0.717) is 17.4 Å². The van der Waals surface area contributed by atoms with Crippen LogP contribution in [0, 0.1) is 6.92 Å². The number of hydrazine groups is 1. The van der Waals surface area contributed by atoms with Crippen LogP contribution in [0.15, 0.2) is 36.4 Å². The highest BCUT2D eigenvalue weighted by Crippen LogP contribution is 2.05. The van der Waals surface area contributed by atoms with Crippen molar-refractivity contribution in [2.75, 3.05) is 5.32 Å². The minimum Gasteiger partial charge on any atom is -0.331 e. The normalized spacial score (nSPS) is 10.0. The van der Waals surface area contributed by atoms with Gasteiger partial charge in [0.05, 0.1) is 5.69 Å². The molecule has 0 unspecified atom stereocenters. The van der Waals surface area contributed by atoms with Crippen LogP contribution in [0.2, 0.25) is 0 Å². The molecule has 0 radical (unpaired) electrons. The Hall–Kier alpha value is -2.41. The second kappa shape index (κ2) is 6.85.